The number of esters is 3. The predicted molar refractivity (Wildman–Crippen MR) is 279 cm³/mol. The van der Waals surface area contributed by atoms with Gasteiger partial charge in [0.25, 0.3) is 0 Å². The monoisotopic (exact) mass is 909 g/mol. The fraction of sp³-hybridized carbons (Fsp3) is 0.780. The summed E-state index contributed by atoms with van der Waals surface area (Å²) in [7, 11) is 0. The van der Waals surface area contributed by atoms with Crippen molar-refractivity contribution in [2.45, 2.75) is 284 Å². The molecule has 0 bridgehead atoms. The highest BCUT2D eigenvalue weighted by atomic mass is 16.6. The molecule has 0 rings (SSSR count). The first kappa shape index (κ1) is 62.1. The van der Waals surface area contributed by atoms with Crippen molar-refractivity contribution in [2.24, 2.45) is 0 Å². The van der Waals surface area contributed by atoms with Crippen molar-refractivity contribution in [2.75, 3.05) is 13.2 Å². The number of hydrogen-bond acceptors (Lipinski definition) is 6. The molecule has 0 aliphatic carbocycles. The normalized spacial score (nSPS) is 12.5. The minimum absolute atomic E-state index is 0.0951. The molecule has 65 heavy (non-hydrogen) atoms. The van der Waals surface area contributed by atoms with Crippen molar-refractivity contribution in [3.8, 4) is 0 Å². The lowest BCUT2D eigenvalue weighted by Gasteiger charge is -2.18. The Kier molecular flexibility index (Phi) is 51.3. The number of allylic oxidation sites excluding steroid dienone is 10. The van der Waals surface area contributed by atoms with E-state index < -0.39 is 6.10 Å². The first-order valence-corrected chi connectivity index (χ1v) is 27.8. The fourth-order valence-corrected chi connectivity index (χ4v) is 7.78. The minimum Gasteiger partial charge on any atom is -0.462 e. The zero-order chi connectivity index (χ0) is 47.2. The van der Waals surface area contributed by atoms with Crippen molar-refractivity contribution < 1.29 is 28.6 Å². The van der Waals surface area contributed by atoms with Crippen LogP contribution in [0.25, 0.3) is 0 Å². The predicted octanol–water partition coefficient (Wildman–Crippen LogP) is 18.4. The zero-order valence-corrected chi connectivity index (χ0v) is 43.0. The minimum atomic E-state index is -0.798. The van der Waals surface area contributed by atoms with Crippen LogP contribution in [0, 0.1) is 0 Å². The number of carbonyl (C=O) groups is 3. The van der Waals surface area contributed by atoms with E-state index in [1.54, 1.807) is 0 Å². The Morgan fingerprint density at radius 1 is 0.308 bits per heavy atom. The molecule has 1 atom stereocenters. The van der Waals surface area contributed by atoms with Crippen molar-refractivity contribution in [3.05, 3.63) is 60.8 Å². The molecule has 0 fully saturated rings. The largest absolute Gasteiger partial charge is 0.462 e. The molecule has 6 nitrogen and oxygen atoms in total. The van der Waals surface area contributed by atoms with Crippen molar-refractivity contribution in [1.82, 2.24) is 0 Å². The number of carbonyl (C=O) groups excluding carboxylic acids is 3. The summed E-state index contributed by atoms with van der Waals surface area (Å²) in [6.45, 7) is 6.57. The molecule has 0 heterocycles. The standard InChI is InChI=1S/C59H104O6/c1-4-7-10-13-16-19-22-25-28-29-32-34-37-40-43-46-49-52-58(61)64-55-56(65-59(62)53-50-47-44-41-38-35-31-27-24-21-18-15-12-9-6-3)54-63-57(60)51-48-45-42-39-36-33-30-26-23-20-17-14-11-8-5-2/h17,20,25-26,28,30,32,34,40,43,56H,4-16,18-19,21-24,27,29,31,33,35-39,41-42,44-55H2,1-3H3/b20-17-,28-25-,30-26-,34-32-,43-40-/t56-/m1/s1. The van der Waals surface area contributed by atoms with E-state index in [-0.39, 0.29) is 37.5 Å². The van der Waals surface area contributed by atoms with Crippen LogP contribution in [0.5, 0.6) is 0 Å². The van der Waals surface area contributed by atoms with Gasteiger partial charge in [-0.1, -0.05) is 236 Å². The summed E-state index contributed by atoms with van der Waals surface area (Å²) in [4.78, 5) is 38.1. The van der Waals surface area contributed by atoms with Gasteiger partial charge in [-0.05, 0) is 83.5 Å². The summed E-state index contributed by atoms with van der Waals surface area (Å²) in [6, 6.07) is 0. The fourth-order valence-electron chi connectivity index (χ4n) is 7.78. The lowest BCUT2D eigenvalue weighted by molar-refractivity contribution is -0.167. The Labute approximate surface area is 402 Å². The molecule has 0 aliphatic heterocycles. The summed E-state index contributed by atoms with van der Waals surface area (Å²) in [5, 5.41) is 0. The second kappa shape index (κ2) is 53.7. The third-order valence-electron chi connectivity index (χ3n) is 12.0. The molecule has 0 aromatic rings. The van der Waals surface area contributed by atoms with Gasteiger partial charge < -0.3 is 14.2 Å². The quantitative estimate of drug-likeness (QED) is 0.0262. The summed E-state index contributed by atoms with van der Waals surface area (Å²) in [5.74, 6) is -0.952. The van der Waals surface area contributed by atoms with Gasteiger partial charge in [0, 0.05) is 19.3 Å². The second-order valence-electron chi connectivity index (χ2n) is 18.5. The molecular weight excluding hydrogens is 805 g/mol. The third-order valence-corrected chi connectivity index (χ3v) is 12.0. The van der Waals surface area contributed by atoms with Gasteiger partial charge in [-0.15, -0.1) is 0 Å². The van der Waals surface area contributed by atoms with Gasteiger partial charge in [0.1, 0.15) is 13.2 Å². The molecular formula is C59H104O6. The molecule has 0 unspecified atom stereocenters. The first-order chi connectivity index (χ1) is 32.0. The van der Waals surface area contributed by atoms with Crippen molar-refractivity contribution >= 4 is 17.9 Å². The van der Waals surface area contributed by atoms with E-state index in [9.17, 15) is 14.4 Å². The van der Waals surface area contributed by atoms with Gasteiger partial charge in [-0.25, -0.2) is 0 Å². The maximum absolute atomic E-state index is 12.8. The van der Waals surface area contributed by atoms with E-state index in [1.165, 1.54) is 148 Å². The Hall–Kier alpha value is -2.89. The highest BCUT2D eigenvalue weighted by molar-refractivity contribution is 5.71. The summed E-state index contributed by atoms with van der Waals surface area (Å²) in [5.41, 5.74) is 0. The van der Waals surface area contributed by atoms with Crippen LogP contribution < -0.4 is 0 Å². The third kappa shape index (κ3) is 51.9. The molecule has 376 valence electrons. The highest BCUT2D eigenvalue weighted by Gasteiger charge is 2.19. The van der Waals surface area contributed by atoms with E-state index >= 15 is 0 Å². The average Bonchev–Trinajstić information content (AvgIpc) is 3.30. The van der Waals surface area contributed by atoms with Crippen molar-refractivity contribution in [1.29, 1.82) is 0 Å². The zero-order valence-electron chi connectivity index (χ0n) is 43.0. The van der Waals surface area contributed by atoms with Gasteiger partial charge in [-0.3, -0.25) is 14.4 Å². The average molecular weight is 909 g/mol. The maximum atomic E-state index is 12.8. The molecule has 0 saturated carbocycles. The van der Waals surface area contributed by atoms with Crippen LogP contribution in [-0.2, 0) is 28.6 Å². The first-order valence-electron chi connectivity index (χ1n) is 27.8. The molecule has 0 aromatic heterocycles. The molecule has 0 amide bonds. The van der Waals surface area contributed by atoms with Gasteiger partial charge in [0.05, 0.1) is 0 Å². The van der Waals surface area contributed by atoms with E-state index in [4.69, 9.17) is 14.2 Å². The molecule has 0 N–H and O–H groups in total. The smallest absolute Gasteiger partial charge is 0.306 e. The van der Waals surface area contributed by atoms with Crippen LogP contribution in [0.3, 0.4) is 0 Å². The van der Waals surface area contributed by atoms with Crippen LogP contribution in [0.15, 0.2) is 60.8 Å². The lowest BCUT2D eigenvalue weighted by atomic mass is 10.0. The van der Waals surface area contributed by atoms with Gasteiger partial charge in [0.2, 0.25) is 0 Å². The van der Waals surface area contributed by atoms with E-state index in [1.807, 2.05) is 0 Å². The van der Waals surface area contributed by atoms with E-state index in [0.717, 1.165) is 83.5 Å². The van der Waals surface area contributed by atoms with Crippen LogP contribution in [0.1, 0.15) is 278 Å². The highest BCUT2D eigenvalue weighted by Crippen LogP contribution is 2.15. The summed E-state index contributed by atoms with van der Waals surface area (Å²) < 4.78 is 16.8. The van der Waals surface area contributed by atoms with Crippen molar-refractivity contribution in [3.63, 3.8) is 0 Å². The molecule has 0 radical (unpaired) electrons. The molecule has 0 aliphatic rings. The maximum Gasteiger partial charge on any atom is 0.306 e. The Balaban J connectivity index is 4.46. The van der Waals surface area contributed by atoms with Crippen LogP contribution in [0.2, 0.25) is 0 Å². The SMILES string of the molecule is CCCCC/C=C\C/C=C\CCCCCCCC(=O)OC[C@H](COC(=O)CCC/C=C\C/C=C\C/C=C\CCCCCCCC)OC(=O)CCCCCCCCCCCCCCCCC. The Morgan fingerprint density at radius 2 is 0.569 bits per heavy atom. The molecule has 0 saturated heterocycles. The van der Waals surface area contributed by atoms with Crippen LogP contribution in [-0.4, -0.2) is 37.2 Å². The number of ether oxygens (including phenoxy) is 3. The Morgan fingerprint density at radius 3 is 0.954 bits per heavy atom. The topological polar surface area (TPSA) is 78.9 Å². The second-order valence-corrected chi connectivity index (χ2v) is 18.5. The lowest BCUT2D eigenvalue weighted by Crippen LogP contribution is -2.30. The van der Waals surface area contributed by atoms with Gasteiger partial charge in [-0.2, -0.15) is 0 Å². The van der Waals surface area contributed by atoms with Gasteiger partial charge >= 0.3 is 17.9 Å². The number of hydrogen-bond donors (Lipinski definition) is 0. The summed E-state index contributed by atoms with van der Waals surface area (Å²) in [6.07, 6.45) is 66.4. The van der Waals surface area contributed by atoms with Gasteiger partial charge in [0.15, 0.2) is 6.10 Å². The summed E-state index contributed by atoms with van der Waals surface area (Å²) >= 11 is 0. The Bertz CT molecular complexity index is 1180. The van der Waals surface area contributed by atoms with Crippen LogP contribution >= 0.6 is 0 Å². The molecule has 0 spiro atoms. The number of rotatable bonds is 50. The number of unbranched alkanes of at least 4 members (excludes halogenated alkanes) is 29. The molecule has 0 aromatic carbocycles. The van der Waals surface area contributed by atoms with Crippen LogP contribution in [0.4, 0.5) is 0 Å². The van der Waals surface area contributed by atoms with E-state index in [2.05, 4.69) is 81.5 Å². The van der Waals surface area contributed by atoms with E-state index in [0.29, 0.717) is 19.3 Å². The molecule has 6 heteroatoms.